The summed E-state index contributed by atoms with van der Waals surface area (Å²) >= 11 is 0. The Morgan fingerprint density at radius 2 is 1.86 bits per heavy atom. The van der Waals surface area contributed by atoms with E-state index in [4.69, 9.17) is 18.9 Å². The lowest BCUT2D eigenvalue weighted by Gasteiger charge is -2.26. The van der Waals surface area contributed by atoms with Gasteiger partial charge in [-0.15, -0.1) is 0 Å². The molecule has 0 aromatic heterocycles. The fraction of sp³-hybridized carbons (Fsp3) is 0.500. The molecule has 1 aliphatic rings. The highest BCUT2D eigenvalue weighted by molar-refractivity contribution is 5.70. The Labute approximate surface area is 208 Å². The van der Waals surface area contributed by atoms with Crippen LogP contribution in [0.15, 0.2) is 42.5 Å². The smallest absolute Gasteiger partial charge is 0.408 e. The number of fused-ring (bicyclic) bond motifs is 1. The molecule has 7 nitrogen and oxygen atoms in total. The molecule has 2 atom stereocenters. The van der Waals surface area contributed by atoms with Crippen molar-refractivity contribution >= 4 is 12.1 Å². The molecule has 1 amide bonds. The van der Waals surface area contributed by atoms with Gasteiger partial charge in [0.25, 0.3) is 0 Å². The van der Waals surface area contributed by atoms with Crippen LogP contribution in [0, 0.1) is 0 Å². The molecule has 1 N–H and O–H groups in total. The summed E-state index contributed by atoms with van der Waals surface area (Å²) in [6.07, 6.45) is 2.06. The Kier molecular flexibility index (Phi) is 9.01. The Bertz CT molecular complexity index is 995. The largest absolute Gasteiger partial charge is 0.490 e. The van der Waals surface area contributed by atoms with Gasteiger partial charge in [0.05, 0.1) is 19.1 Å². The minimum absolute atomic E-state index is 0.117. The summed E-state index contributed by atoms with van der Waals surface area (Å²) in [6, 6.07) is 13.7. The van der Waals surface area contributed by atoms with E-state index in [2.05, 4.69) is 5.32 Å². The molecule has 1 heterocycles. The van der Waals surface area contributed by atoms with Crippen LogP contribution in [0.1, 0.15) is 76.6 Å². The molecule has 2 unspecified atom stereocenters. The summed E-state index contributed by atoms with van der Waals surface area (Å²) in [5.41, 5.74) is 2.60. The van der Waals surface area contributed by atoms with Gasteiger partial charge in [0.2, 0.25) is 0 Å². The number of carbonyl (C=O) groups excluding carboxylic acids is 2. The molecular weight excluding hydrogens is 446 g/mol. The van der Waals surface area contributed by atoms with Gasteiger partial charge in [0.15, 0.2) is 0 Å². The summed E-state index contributed by atoms with van der Waals surface area (Å²) < 4.78 is 22.4. The molecular formula is C28H37NO6. The fourth-order valence-corrected chi connectivity index (χ4v) is 3.94. The summed E-state index contributed by atoms with van der Waals surface area (Å²) in [5.74, 6) is 1.35. The summed E-state index contributed by atoms with van der Waals surface area (Å²) in [7, 11) is 0. The SMILES string of the molecule is CCOC(=O)CC1CCc2cc(OCc3ccc(C(CC)NC(=O)OC(C)(C)C)cc3)ccc2O1. The molecule has 2 aromatic rings. The van der Waals surface area contributed by atoms with Gasteiger partial charge in [-0.25, -0.2) is 4.79 Å². The lowest BCUT2D eigenvalue weighted by molar-refractivity contribution is -0.145. The first-order chi connectivity index (χ1) is 16.7. The van der Waals surface area contributed by atoms with Crippen molar-refractivity contribution in [3.63, 3.8) is 0 Å². The van der Waals surface area contributed by atoms with Crippen LogP contribution in [0.3, 0.4) is 0 Å². The fourth-order valence-electron chi connectivity index (χ4n) is 3.94. The third-order valence-corrected chi connectivity index (χ3v) is 5.65. The van der Waals surface area contributed by atoms with Crippen molar-refractivity contribution in [3.05, 3.63) is 59.2 Å². The van der Waals surface area contributed by atoms with Gasteiger partial charge in [-0.1, -0.05) is 31.2 Å². The van der Waals surface area contributed by atoms with Crippen LogP contribution >= 0.6 is 0 Å². The molecule has 0 fully saturated rings. The number of esters is 1. The van der Waals surface area contributed by atoms with E-state index in [1.165, 1.54) is 0 Å². The highest BCUT2D eigenvalue weighted by Gasteiger charge is 2.23. The van der Waals surface area contributed by atoms with Gasteiger partial charge < -0.3 is 24.3 Å². The number of alkyl carbamates (subject to hydrolysis) is 1. The summed E-state index contributed by atoms with van der Waals surface area (Å²) in [6.45, 7) is 10.2. The Morgan fingerprint density at radius 3 is 2.51 bits per heavy atom. The molecule has 0 bridgehead atoms. The van der Waals surface area contributed by atoms with E-state index in [1.807, 2.05) is 70.2 Å². The molecule has 7 heteroatoms. The normalized spacial score (nSPS) is 15.9. The van der Waals surface area contributed by atoms with E-state index in [0.717, 1.165) is 47.5 Å². The molecule has 0 saturated heterocycles. The second-order valence-corrected chi connectivity index (χ2v) is 9.69. The Morgan fingerprint density at radius 1 is 1.11 bits per heavy atom. The first-order valence-electron chi connectivity index (χ1n) is 12.3. The van der Waals surface area contributed by atoms with Crippen molar-refractivity contribution in [1.29, 1.82) is 0 Å². The van der Waals surface area contributed by atoms with Gasteiger partial charge in [-0.2, -0.15) is 0 Å². The minimum Gasteiger partial charge on any atom is -0.490 e. The lowest BCUT2D eigenvalue weighted by atomic mass is 10.0. The summed E-state index contributed by atoms with van der Waals surface area (Å²) in [4.78, 5) is 23.9. The van der Waals surface area contributed by atoms with E-state index in [9.17, 15) is 9.59 Å². The van der Waals surface area contributed by atoms with Gasteiger partial charge in [0, 0.05) is 0 Å². The number of carbonyl (C=O) groups is 2. The first kappa shape index (κ1) is 26.4. The average molecular weight is 484 g/mol. The van der Waals surface area contributed by atoms with Crippen LogP contribution in [0.4, 0.5) is 4.79 Å². The predicted molar refractivity (Wildman–Crippen MR) is 134 cm³/mol. The van der Waals surface area contributed by atoms with E-state index in [0.29, 0.717) is 13.2 Å². The van der Waals surface area contributed by atoms with E-state index < -0.39 is 11.7 Å². The number of aryl methyl sites for hydroxylation is 1. The molecule has 1 aliphatic heterocycles. The first-order valence-corrected chi connectivity index (χ1v) is 12.3. The number of hydrogen-bond donors (Lipinski definition) is 1. The van der Waals surface area contributed by atoms with Crippen LogP contribution in [0.25, 0.3) is 0 Å². The van der Waals surface area contributed by atoms with E-state index in [-0.39, 0.29) is 24.5 Å². The maximum absolute atomic E-state index is 12.1. The molecule has 0 saturated carbocycles. The van der Waals surface area contributed by atoms with E-state index >= 15 is 0 Å². The maximum atomic E-state index is 12.1. The lowest BCUT2D eigenvalue weighted by Crippen LogP contribution is -2.34. The molecule has 2 aromatic carbocycles. The molecule has 190 valence electrons. The standard InChI is InChI=1S/C28H37NO6/c1-6-24(29-27(31)35-28(3,4)5)20-10-8-19(9-11-20)18-33-22-14-15-25-21(16-22)12-13-23(34-25)17-26(30)32-7-2/h8-11,14-16,23-24H,6-7,12-13,17-18H2,1-5H3,(H,29,31). The van der Waals surface area contributed by atoms with Crippen molar-refractivity contribution in [2.75, 3.05) is 6.61 Å². The van der Waals surface area contributed by atoms with Crippen molar-refractivity contribution in [3.8, 4) is 11.5 Å². The topological polar surface area (TPSA) is 83.1 Å². The van der Waals surface area contributed by atoms with Crippen LogP contribution in [0.2, 0.25) is 0 Å². The van der Waals surface area contributed by atoms with Crippen LogP contribution in [0.5, 0.6) is 11.5 Å². The number of rotatable bonds is 9. The minimum atomic E-state index is -0.531. The monoisotopic (exact) mass is 483 g/mol. The number of nitrogens with one attached hydrogen (secondary N) is 1. The number of benzene rings is 2. The maximum Gasteiger partial charge on any atom is 0.408 e. The highest BCUT2D eigenvalue weighted by Crippen LogP contribution is 2.32. The third kappa shape index (κ3) is 8.19. The summed E-state index contributed by atoms with van der Waals surface area (Å²) in [5, 5.41) is 2.94. The molecule has 3 rings (SSSR count). The van der Waals surface area contributed by atoms with Crippen molar-refractivity contribution in [2.45, 2.75) is 84.7 Å². The number of hydrogen-bond acceptors (Lipinski definition) is 6. The van der Waals surface area contributed by atoms with Gasteiger partial charge in [-0.3, -0.25) is 4.79 Å². The molecule has 0 radical (unpaired) electrons. The number of amides is 1. The highest BCUT2D eigenvalue weighted by atomic mass is 16.6. The van der Waals surface area contributed by atoms with Crippen molar-refractivity contribution < 1.29 is 28.5 Å². The average Bonchev–Trinajstić information content (AvgIpc) is 2.80. The van der Waals surface area contributed by atoms with Gasteiger partial charge >= 0.3 is 12.1 Å². The zero-order valence-corrected chi connectivity index (χ0v) is 21.4. The number of ether oxygens (including phenoxy) is 4. The predicted octanol–water partition coefficient (Wildman–Crippen LogP) is 5.89. The van der Waals surface area contributed by atoms with E-state index in [1.54, 1.807) is 6.92 Å². The quantitative estimate of drug-likeness (QED) is 0.448. The van der Waals surface area contributed by atoms with Crippen LogP contribution in [-0.2, 0) is 27.3 Å². The molecule has 0 aliphatic carbocycles. The molecule has 0 spiro atoms. The van der Waals surface area contributed by atoms with Gasteiger partial charge in [0.1, 0.15) is 29.8 Å². The zero-order chi connectivity index (χ0) is 25.4. The van der Waals surface area contributed by atoms with Crippen LogP contribution < -0.4 is 14.8 Å². The third-order valence-electron chi connectivity index (χ3n) is 5.65. The molecule has 35 heavy (non-hydrogen) atoms. The van der Waals surface area contributed by atoms with Gasteiger partial charge in [-0.05, 0) is 81.8 Å². The van der Waals surface area contributed by atoms with Crippen LogP contribution in [-0.4, -0.2) is 30.4 Å². The second-order valence-electron chi connectivity index (χ2n) is 9.69. The Hall–Kier alpha value is -3.22. The van der Waals surface area contributed by atoms with Crippen molar-refractivity contribution in [2.24, 2.45) is 0 Å². The zero-order valence-electron chi connectivity index (χ0n) is 21.4. The second kappa shape index (κ2) is 12.0. The Balaban J connectivity index is 1.53. The van der Waals surface area contributed by atoms with Crippen molar-refractivity contribution in [1.82, 2.24) is 5.32 Å².